The van der Waals surface area contributed by atoms with E-state index in [-0.39, 0.29) is 24.5 Å². The molecule has 0 saturated carbocycles. The smallest absolute Gasteiger partial charge is 0.318 e. The number of hydrogen-bond donors (Lipinski definition) is 2. The Bertz CT molecular complexity index is 1280. The maximum atomic E-state index is 13.8. The Hall–Kier alpha value is -3.72. The first-order valence-electron chi connectivity index (χ1n) is 12.6. The Kier molecular flexibility index (Phi) is 6.73. The van der Waals surface area contributed by atoms with Gasteiger partial charge in [0.25, 0.3) is 5.91 Å². The normalized spacial score (nSPS) is 18.3. The number of rotatable bonds is 4. The summed E-state index contributed by atoms with van der Waals surface area (Å²) in [7, 11) is 0. The first kappa shape index (κ1) is 24.0. The molecule has 9 nitrogen and oxygen atoms in total. The molecule has 1 unspecified atom stereocenters. The highest BCUT2D eigenvalue weighted by molar-refractivity contribution is 5.92. The van der Waals surface area contributed by atoms with Crippen molar-refractivity contribution in [1.29, 1.82) is 0 Å². The van der Waals surface area contributed by atoms with Crippen LogP contribution in [0.3, 0.4) is 0 Å². The lowest BCUT2D eigenvalue weighted by molar-refractivity contribution is -0.164. The van der Waals surface area contributed by atoms with E-state index in [1.54, 1.807) is 9.91 Å². The maximum absolute atomic E-state index is 13.8. The zero-order valence-corrected chi connectivity index (χ0v) is 21.1. The van der Waals surface area contributed by atoms with Crippen LogP contribution in [0.2, 0.25) is 0 Å². The van der Waals surface area contributed by atoms with Crippen LogP contribution < -0.4 is 10.6 Å². The number of aryl methyl sites for hydroxylation is 1. The number of fused-ring (bicyclic) bond motifs is 5. The standard InChI is InChI=1S/C27H33N7O2/c1-18(2)24-26(35)34-17-32(27(36)28-12-11-20-8-6-7-19(3)15-20)13-14-33(34)16-23-29-22-10-5-4-9-21(22)25(30-23)31-24/h4-10,15,18,24H,11-14,16-17H2,1-3H3,(H,28,36)(H,29,30,31). The average Bonchev–Trinajstić information content (AvgIpc) is 2.90. The molecule has 1 fully saturated rings. The van der Waals surface area contributed by atoms with Gasteiger partial charge in [0.2, 0.25) is 0 Å². The number of amides is 3. The second kappa shape index (κ2) is 10.1. The minimum absolute atomic E-state index is 0.0214. The molecular weight excluding hydrogens is 454 g/mol. The molecule has 188 valence electrons. The van der Waals surface area contributed by atoms with E-state index in [1.165, 1.54) is 11.1 Å². The minimum Gasteiger partial charge on any atom is -0.358 e. The predicted octanol–water partition coefficient (Wildman–Crippen LogP) is 3.16. The van der Waals surface area contributed by atoms with Crippen LogP contribution in [-0.4, -0.2) is 69.2 Å². The highest BCUT2D eigenvalue weighted by Gasteiger charge is 2.37. The van der Waals surface area contributed by atoms with Crippen LogP contribution in [0, 0.1) is 12.8 Å². The summed E-state index contributed by atoms with van der Waals surface area (Å²) in [4.78, 5) is 38.0. The Morgan fingerprint density at radius 3 is 2.78 bits per heavy atom. The molecule has 5 rings (SSSR count). The molecule has 2 bridgehead atoms. The van der Waals surface area contributed by atoms with E-state index in [0.29, 0.717) is 37.8 Å². The molecule has 1 atom stereocenters. The Morgan fingerprint density at radius 2 is 1.97 bits per heavy atom. The van der Waals surface area contributed by atoms with Crippen molar-refractivity contribution in [2.45, 2.75) is 39.8 Å². The molecule has 2 aliphatic heterocycles. The summed E-state index contributed by atoms with van der Waals surface area (Å²) in [5, 5.41) is 11.0. The number of nitrogens with one attached hydrogen (secondary N) is 2. The maximum Gasteiger partial charge on any atom is 0.318 e. The fraction of sp³-hybridized carbons (Fsp3) is 0.407. The Balaban J connectivity index is 1.33. The quantitative estimate of drug-likeness (QED) is 0.587. The van der Waals surface area contributed by atoms with Gasteiger partial charge in [-0.15, -0.1) is 0 Å². The van der Waals surface area contributed by atoms with Gasteiger partial charge < -0.3 is 15.5 Å². The van der Waals surface area contributed by atoms with Gasteiger partial charge in [-0.2, -0.15) is 0 Å². The largest absolute Gasteiger partial charge is 0.358 e. The number of hydrazine groups is 1. The predicted molar refractivity (Wildman–Crippen MR) is 139 cm³/mol. The monoisotopic (exact) mass is 487 g/mol. The van der Waals surface area contributed by atoms with Crippen LogP contribution in [0.25, 0.3) is 10.9 Å². The van der Waals surface area contributed by atoms with Crippen LogP contribution in [0.5, 0.6) is 0 Å². The fourth-order valence-corrected chi connectivity index (χ4v) is 4.80. The molecule has 0 spiro atoms. The van der Waals surface area contributed by atoms with Crippen molar-refractivity contribution < 1.29 is 9.59 Å². The van der Waals surface area contributed by atoms with Gasteiger partial charge >= 0.3 is 6.03 Å². The zero-order valence-electron chi connectivity index (χ0n) is 21.1. The molecule has 1 saturated heterocycles. The van der Waals surface area contributed by atoms with E-state index < -0.39 is 6.04 Å². The highest BCUT2D eigenvalue weighted by Crippen LogP contribution is 2.26. The van der Waals surface area contributed by atoms with Crippen molar-refractivity contribution in [3.8, 4) is 0 Å². The molecular formula is C27H33N7O2. The first-order chi connectivity index (χ1) is 17.4. The third kappa shape index (κ3) is 4.97. The molecule has 2 N–H and O–H groups in total. The van der Waals surface area contributed by atoms with E-state index in [0.717, 1.165) is 17.3 Å². The average molecular weight is 488 g/mol. The van der Waals surface area contributed by atoms with Gasteiger partial charge in [0.1, 0.15) is 24.4 Å². The number of carbonyl (C=O) groups excluding carboxylic acids is 2. The topological polar surface area (TPSA) is 93.7 Å². The van der Waals surface area contributed by atoms with Gasteiger partial charge in [-0.1, -0.05) is 55.8 Å². The van der Waals surface area contributed by atoms with E-state index >= 15 is 0 Å². The molecule has 1 aromatic heterocycles. The number of hydrogen-bond acceptors (Lipinski definition) is 6. The van der Waals surface area contributed by atoms with Gasteiger partial charge in [-0.3, -0.25) is 9.80 Å². The van der Waals surface area contributed by atoms with Crippen molar-refractivity contribution in [2.75, 3.05) is 31.6 Å². The van der Waals surface area contributed by atoms with Crippen LogP contribution in [0.1, 0.15) is 30.8 Å². The summed E-state index contributed by atoms with van der Waals surface area (Å²) in [5.74, 6) is 1.27. The zero-order chi connectivity index (χ0) is 25.2. The summed E-state index contributed by atoms with van der Waals surface area (Å²) in [5.41, 5.74) is 3.24. The lowest BCUT2D eigenvalue weighted by Crippen LogP contribution is -2.63. The molecule has 0 radical (unpaired) electrons. The lowest BCUT2D eigenvalue weighted by Gasteiger charge is -2.44. The molecule has 3 amide bonds. The van der Waals surface area contributed by atoms with Gasteiger partial charge in [-0.25, -0.2) is 19.8 Å². The number of carbonyl (C=O) groups is 2. The van der Waals surface area contributed by atoms with Crippen molar-refractivity contribution in [3.05, 3.63) is 65.5 Å². The van der Waals surface area contributed by atoms with Gasteiger partial charge in [-0.05, 0) is 37.0 Å². The van der Waals surface area contributed by atoms with Crippen molar-refractivity contribution in [1.82, 2.24) is 30.2 Å². The van der Waals surface area contributed by atoms with E-state index in [4.69, 9.17) is 9.97 Å². The van der Waals surface area contributed by atoms with E-state index in [1.807, 2.05) is 49.2 Å². The molecule has 3 aromatic rings. The Morgan fingerprint density at radius 1 is 1.14 bits per heavy atom. The first-order valence-corrected chi connectivity index (χ1v) is 12.6. The minimum atomic E-state index is -0.485. The third-order valence-corrected chi connectivity index (χ3v) is 6.79. The summed E-state index contributed by atoms with van der Waals surface area (Å²) in [6.45, 7) is 8.26. The molecule has 0 aliphatic carbocycles. The van der Waals surface area contributed by atoms with E-state index in [2.05, 4.69) is 35.8 Å². The molecule has 3 heterocycles. The fourth-order valence-electron chi connectivity index (χ4n) is 4.80. The number of para-hydroxylation sites is 1. The number of anilines is 1. The summed E-state index contributed by atoms with van der Waals surface area (Å²) >= 11 is 0. The lowest BCUT2D eigenvalue weighted by atomic mass is 10.0. The number of urea groups is 1. The summed E-state index contributed by atoms with van der Waals surface area (Å²) in [6, 6.07) is 15.5. The highest BCUT2D eigenvalue weighted by atomic mass is 16.2. The Labute approximate surface area is 211 Å². The van der Waals surface area contributed by atoms with Gasteiger partial charge in [0.05, 0.1) is 12.1 Å². The van der Waals surface area contributed by atoms with Crippen LogP contribution in [-0.2, 0) is 17.8 Å². The second-order valence-corrected chi connectivity index (χ2v) is 9.87. The van der Waals surface area contributed by atoms with Gasteiger partial charge in [0, 0.05) is 25.0 Å². The summed E-state index contributed by atoms with van der Waals surface area (Å²) in [6.07, 6.45) is 0.760. The number of aromatic nitrogens is 2. The van der Waals surface area contributed by atoms with Gasteiger partial charge in [0.15, 0.2) is 0 Å². The van der Waals surface area contributed by atoms with Crippen LogP contribution in [0.4, 0.5) is 10.6 Å². The molecule has 2 aliphatic rings. The third-order valence-electron chi connectivity index (χ3n) is 6.79. The number of benzene rings is 2. The second-order valence-electron chi connectivity index (χ2n) is 9.87. The van der Waals surface area contributed by atoms with Crippen LogP contribution >= 0.6 is 0 Å². The molecule has 2 aromatic carbocycles. The summed E-state index contributed by atoms with van der Waals surface area (Å²) < 4.78 is 0. The molecule has 36 heavy (non-hydrogen) atoms. The van der Waals surface area contributed by atoms with E-state index in [9.17, 15) is 9.59 Å². The van der Waals surface area contributed by atoms with Crippen molar-refractivity contribution >= 4 is 28.7 Å². The molecule has 9 heteroatoms. The van der Waals surface area contributed by atoms with Crippen molar-refractivity contribution in [3.63, 3.8) is 0 Å². The SMILES string of the molecule is Cc1cccc(CCNC(=O)N2CCN3Cc4nc(c5ccccc5n4)NC(C(C)C)C(=O)N3C2)c1. The van der Waals surface area contributed by atoms with Crippen LogP contribution in [0.15, 0.2) is 48.5 Å². The number of nitrogens with zero attached hydrogens (tertiary/aromatic N) is 5. The van der Waals surface area contributed by atoms with Crippen molar-refractivity contribution in [2.24, 2.45) is 5.92 Å².